The highest BCUT2D eigenvalue weighted by atomic mass is 16.2. The lowest BCUT2D eigenvalue weighted by Gasteiger charge is -2.39. The van der Waals surface area contributed by atoms with Gasteiger partial charge in [0.2, 0.25) is 5.91 Å². The van der Waals surface area contributed by atoms with E-state index in [4.69, 9.17) is 5.26 Å². The third-order valence-corrected chi connectivity index (χ3v) is 6.49. The van der Waals surface area contributed by atoms with Gasteiger partial charge in [0.1, 0.15) is 23.9 Å². The molecule has 2 aliphatic rings. The van der Waals surface area contributed by atoms with Crippen molar-refractivity contribution in [3.8, 4) is 6.07 Å². The molecule has 1 amide bonds. The van der Waals surface area contributed by atoms with E-state index in [2.05, 4.69) is 36.2 Å². The van der Waals surface area contributed by atoms with Gasteiger partial charge in [-0.15, -0.1) is 0 Å². The number of hydrogen-bond acceptors (Lipinski definition) is 6. The highest BCUT2D eigenvalue weighted by Crippen LogP contribution is 2.56. The first kappa shape index (κ1) is 18.6. The molecule has 1 saturated carbocycles. The van der Waals surface area contributed by atoms with Crippen LogP contribution in [0, 0.1) is 22.7 Å². The summed E-state index contributed by atoms with van der Waals surface area (Å²) in [6, 6.07) is 7.41. The van der Waals surface area contributed by atoms with Gasteiger partial charge in [-0.1, -0.05) is 0 Å². The number of rotatable bonds is 4. The van der Waals surface area contributed by atoms with E-state index in [1.807, 2.05) is 19.2 Å². The molecule has 30 heavy (non-hydrogen) atoms. The normalized spacial score (nSPS) is 20.7. The Morgan fingerprint density at radius 1 is 1.33 bits per heavy atom. The van der Waals surface area contributed by atoms with Gasteiger partial charge < -0.3 is 15.2 Å². The third kappa shape index (κ3) is 3.16. The van der Waals surface area contributed by atoms with Gasteiger partial charge in [0.25, 0.3) is 0 Å². The molecule has 3 aromatic rings. The number of hydrogen-bond donors (Lipinski definition) is 2. The lowest BCUT2D eigenvalue weighted by atomic mass is 9.81. The van der Waals surface area contributed by atoms with E-state index < -0.39 is 0 Å². The average Bonchev–Trinajstić information content (AvgIpc) is 3.34. The van der Waals surface area contributed by atoms with E-state index in [0.29, 0.717) is 5.56 Å². The van der Waals surface area contributed by atoms with Crippen molar-refractivity contribution < 1.29 is 4.79 Å². The molecule has 3 aromatic heterocycles. The number of H-pyrrole nitrogens is 1. The molecule has 0 unspecified atom stereocenters. The van der Waals surface area contributed by atoms with Crippen LogP contribution in [-0.4, -0.2) is 38.9 Å². The fraction of sp³-hybridized carbons (Fsp3) is 0.409. The molecule has 0 bridgehead atoms. The Labute approximate surface area is 174 Å². The van der Waals surface area contributed by atoms with Crippen molar-refractivity contribution in [1.82, 2.24) is 25.3 Å². The zero-order valence-electron chi connectivity index (χ0n) is 16.8. The summed E-state index contributed by atoms with van der Waals surface area (Å²) in [4.78, 5) is 31.7. The van der Waals surface area contributed by atoms with Crippen molar-refractivity contribution in [2.75, 3.05) is 18.0 Å². The van der Waals surface area contributed by atoms with Crippen LogP contribution in [0.25, 0.3) is 11.0 Å². The Hall–Kier alpha value is -3.47. The van der Waals surface area contributed by atoms with E-state index in [-0.39, 0.29) is 23.3 Å². The monoisotopic (exact) mass is 401 g/mol. The smallest absolute Gasteiger partial charge is 0.224 e. The zero-order chi connectivity index (χ0) is 20.7. The summed E-state index contributed by atoms with van der Waals surface area (Å²) in [5, 5.41) is 13.1. The van der Waals surface area contributed by atoms with Gasteiger partial charge in [0.05, 0.1) is 22.7 Å². The Balaban J connectivity index is 1.29. The second kappa shape index (κ2) is 7.10. The highest BCUT2D eigenvalue weighted by Gasteiger charge is 2.55. The summed E-state index contributed by atoms with van der Waals surface area (Å²) < 4.78 is 0. The quantitative estimate of drug-likeness (QED) is 0.695. The second-order valence-corrected chi connectivity index (χ2v) is 8.38. The number of nitriles is 1. The molecular weight excluding hydrogens is 378 g/mol. The number of anilines is 1. The van der Waals surface area contributed by atoms with Gasteiger partial charge >= 0.3 is 0 Å². The van der Waals surface area contributed by atoms with Gasteiger partial charge in [-0.25, -0.2) is 9.97 Å². The van der Waals surface area contributed by atoms with Crippen LogP contribution < -0.4 is 10.2 Å². The largest absolute Gasteiger partial charge is 0.355 e. The highest BCUT2D eigenvalue weighted by molar-refractivity contribution is 5.87. The number of carbonyl (C=O) groups excluding carboxylic acids is 1. The van der Waals surface area contributed by atoms with Gasteiger partial charge in [-0.3, -0.25) is 9.78 Å². The van der Waals surface area contributed by atoms with E-state index in [0.717, 1.165) is 54.9 Å². The number of carbonyl (C=O) groups is 1. The molecule has 5 rings (SSSR count). The van der Waals surface area contributed by atoms with Gasteiger partial charge in [-0.2, -0.15) is 5.26 Å². The third-order valence-electron chi connectivity index (χ3n) is 6.49. The van der Waals surface area contributed by atoms with E-state index >= 15 is 0 Å². The number of aromatic amines is 1. The predicted molar refractivity (Wildman–Crippen MR) is 111 cm³/mol. The molecule has 2 N–H and O–H groups in total. The number of aromatic nitrogens is 4. The maximum absolute atomic E-state index is 13.1. The second-order valence-electron chi connectivity index (χ2n) is 8.38. The molecule has 8 nitrogen and oxygen atoms in total. The SMILES string of the molecule is C[C@H](NC(=O)[C@H]1CCN(c2ncnc3[nH]ccc23)CC12CC2)c1ccc(C#N)cn1. The van der Waals surface area contributed by atoms with E-state index in [9.17, 15) is 4.79 Å². The Morgan fingerprint density at radius 3 is 2.93 bits per heavy atom. The lowest BCUT2D eigenvalue weighted by molar-refractivity contribution is -0.128. The summed E-state index contributed by atoms with van der Waals surface area (Å²) in [6.45, 7) is 3.57. The lowest BCUT2D eigenvalue weighted by Crippen LogP contribution is -2.48. The summed E-state index contributed by atoms with van der Waals surface area (Å²) in [7, 11) is 0. The first-order valence-electron chi connectivity index (χ1n) is 10.3. The van der Waals surface area contributed by atoms with Crippen molar-refractivity contribution in [2.24, 2.45) is 11.3 Å². The van der Waals surface area contributed by atoms with Crippen molar-refractivity contribution in [1.29, 1.82) is 5.26 Å². The van der Waals surface area contributed by atoms with Crippen LogP contribution in [0.1, 0.15) is 43.5 Å². The van der Waals surface area contributed by atoms with Crippen molar-refractivity contribution in [3.63, 3.8) is 0 Å². The van der Waals surface area contributed by atoms with Crippen LogP contribution in [0.4, 0.5) is 5.82 Å². The Morgan fingerprint density at radius 2 is 2.20 bits per heavy atom. The van der Waals surface area contributed by atoms with Crippen LogP contribution in [0.2, 0.25) is 0 Å². The summed E-state index contributed by atoms with van der Waals surface area (Å²) in [5.74, 6) is 1.04. The van der Waals surface area contributed by atoms with Crippen LogP contribution in [0.5, 0.6) is 0 Å². The van der Waals surface area contributed by atoms with Crippen molar-refractivity contribution in [2.45, 2.75) is 32.2 Å². The number of nitrogens with zero attached hydrogens (tertiary/aromatic N) is 5. The number of amides is 1. The predicted octanol–water partition coefficient (Wildman–Crippen LogP) is 2.71. The molecule has 2 fully saturated rings. The van der Waals surface area contributed by atoms with Crippen LogP contribution in [-0.2, 0) is 4.79 Å². The first-order valence-corrected chi connectivity index (χ1v) is 10.3. The minimum atomic E-state index is -0.194. The van der Waals surface area contributed by atoms with E-state index in [1.54, 1.807) is 24.7 Å². The number of nitrogens with one attached hydrogen (secondary N) is 2. The maximum atomic E-state index is 13.1. The number of pyridine rings is 1. The molecule has 0 aromatic carbocycles. The fourth-order valence-corrected chi connectivity index (χ4v) is 4.64. The average molecular weight is 401 g/mol. The molecular formula is C22H23N7O. The molecule has 8 heteroatoms. The van der Waals surface area contributed by atoms with Gasteiger partial charge in [-0.05, 0) is 49.8 Å². The Kier molecular flexibility index (Phi) is 4.39. The summed E-state index contributed by atoms with van der Waals surface area (Å²) in [5.41, 5.74) is 2.14. The summed E-state index contributed by atoms with van der Waals surface area (Å²) in [6.07, 6.45) is 7.95. The maximum Gasteiger partial charge on any atom is 0.224 e. The molecule has 2 atom stereocenters. The Bertz CT molecular complexity index is 1130. The minimum Gasteiger partial charge on any atom is -0.355 e. The van der Waals surface area contributed by atoms with Crippen LogP contribution in [0.3, 0.4) is 0 Å². The first-order chi connectivity index (χ1) is 14.6. The van der Waals surface area contributed by atoms with Crippen molar-refractivity contribution in [3.05, 3.63) is 48.2 Å². The molecule has 1 aliphatic carbocycles. The zero-order valence-corrected chi connectivity index (χ0v) is 16.8. The molecule has 1 spiro atoms. The minimum absolute atomic E-state index is 0.00173. The molecule has 1 aliphatic heterocycles. The van der Waals surface area contributed by atoms with Crippen LogP contribution >= 0.6 is 0 Å². The molecule has 1 saturated heterocycles. The topological polar surface area (TPSA) is 111 Å². The number of piperidine rings is 1. The van der Waals surface area contributed by atoms with Crippen LogP contribution in [0.15, 0.2) is 36.9 Å². The van der Waals surface area contributed by atoms with E-state index in [1.165, 1.54) is 0 Å². The molecule has 0 radical (unpaired) electrons. The van der Waals surface area contributed by atoms with Gasteiger partial charge in [0.15, 0.2) is 0 Å². The molecule has 152 valence electrons. The number of fused-ring (bicyclic) bond motifs is 1. The van der Waals surface area contributed by atoms with Crippen molar-refractivity contribution >= 4 is 22.8 Å². The summed E-state index contributed by atoms with van der Waals surface area (Å²) >= 11 is 0. The molecule has 4 heterocycles. The standard InChI is InChI=1S/C22H23N7O/c1-14(18-3-2-15(10-23)11-25-18)28-21(30)17-5-9-29(12-22(17)6-7-22)20-16-4-8-24-19(16)26-13-27-20/h2-4,8,11,13-14,17H,5-7,9,12H2,1H3,(H,28,30)(H,24,26,27)/t14-,17+/m0/s1. The fourth-order valence-electron chi connectivity index (χ4n) is 4.64. The van der Waals surface area contributed by atoms with Gasteiger partial charge in [0, 0.05) is 31.4 Å².